The van der Waals surface area contributed by atoms with E-state index in [1.165, 1.54) is 6.07 Å². The van der Waals surface area contributed by atoms with E-state index in [1.807, 2.05) is 20.0 Å². The lowest BCUT2D eigenvalue weighted by molar-refractivity contribution is 0.287. The Bertz CT molecular complexity index is 522. The molecule has 0 saturated heterocycles. The molecule has 2 rings (SSSR count). The van der Waals surface area contributed by atoms with Crippen molar-refractivity contribution in [2.75, 3.05) is 7.05 Å². The molecule has 1 aromatic carbocycles. The molecule has 96 valence electrons. The summed E-state index contributed by atoms with van der Waals surface area (Å²) >= 11 is 0. The summed E-state index contributed by atoms with van der Waals surface area (Å²) in [4.78, 5) is 0. The van der Waals surface area contributed by atoms with Gasteiger partial charge < -0.3 is 14.5 Å². The highest BCUT2D eigenvalue weighted by Gasteiger charge is 2.09. The summed E-state index contributed by atoms with van der Waals surface area (Å²) in [5.74, 6) is 1.56. The van der Waals surface area contributed by atoms with Crippen molar-refractivity contribution in [1.29, 1.82) is 0 Å². The Morgan fingerprint density at radius 3 is 2.83 bits per heavy atom. The van der Waals surface area contributed by atoms with Crippen LogP contribution in [0, 0.1) is 12.7 Å². The van der Waals surface area contributed by atoms with Gasteiger partial charge in [0.15, 0.2) is 11.6 Å². The van der Waals surface area contributed by atoms with Crippen LogP contribution < -0.4 is 10.1 Å². The molecule has 0 aliphatic heterocycles. The van der Waals surface area contributed by atoms with Gasteiger partial charge in [0, 0.05) is 5.56 Å². The van der Waals surface area contributed by atoms with Crippen LogP contribution in [0.5, 0.6) is 5.75 Å². The molecule has 18 heavy (non-hydrogen) atoms. The van der Waals surface area contributed by atoms with Crippen molar-refractivity contribution in [3.8, 4) is 5.75 Å². The molecule has 0 bridgehead atoms. The number of ether oxygens (including phenoxy) is 1. The number of furan rings is 1. The fourth-order valence-electron chi connectivity index (χ4n) is 1.71. The summed E-state index contributed by atoms with van der Waals surface area (Å²) < 4.78 is 24.3. The van der Waals surface area contributed by atoms with Gasteiger partial charge in [0.1, 0.15) is 18.1 Å². The van der Waals surface area contributed by atoms with Crippen molar-refractivity contribution in [2.45, 2.75) is 20.1 Å². The highest BCUT2D eigenvalue weighted by molar-refractivity contribution is 5.25. The Morgan fingerprint density at radius 2 is 2.11 bits per heavy atom. The van der Waals surface area contributed by atoms with Crippen LogP contribution >= 0.6 is 0 Å². The Hall–Kier alpha value is -1.81. The first-order valence-electron chi connectivity index (χ1n) is 5.81. The zero-order valence-electron chi connectivity index (χ0n) is 10.5. The molecule has 0 unspecified atom stereocenters. The average Bonchev–Trinajstić information content (AvgIpc) is 2.69. The predicted octanol–water partition coefficient (Wildman–Crippen LogP) is 3.03. The number of halogens is 1. The Labute approximate surface area is 106 Å². The summed E-state index contributed by atoms with van der Waals surface area (Å²) in [5.41, 5.74) is 0.934. The van der Waals surface area contributed by atoms with E-state index in [0.717, 1.165) is 17.1 Å². The van der Waals surface area contributed by atoms with Gasteiger partial charge in [-0.3, -0.25) is 0 Å². The SMILES string of the molecule is CNCc1cc(COc2ccccc2F)c(C)o1. The molecule has 3 nitrogen and oxygen atoms in total. The van der Waals surface area contributed by atoms with Crippen molar-refractivity contribution < 1.29 is 13.5 Å². The van der Waals surface area contributed by atoms with Crippen LogP contribution in [0.2, 0.25) is 0 Å². The zero-order valence-corrected chi connectivity index (χ0v) is 10.5. The molecule has 0 amide bonds. The van der Waals surface area contributed by atoms with Crippen LogP contribution in [-0.2, 0) is 13.2 Å². The van der Waals surface area contributed by atoms with Gasteiger partial charge in [0.2, 0.25) is 0 Å². The van der Waals surface area contributed by atoms with Gasteiger partial charge >= 0.3 is 0 Å². The monoisotopic (exact) mass is 249 g/mol. The molecular formula is C14H16FNO2. The van der Waals surface area contributed by atoms with Crippen LogP contribution in [-0.4, -0.2) is 7.05 Å². The van der Waals surface area contributed by atoms with Crippen molar-refractivity contribution in [2.24, 2.45) is 0 Å². The molecule has 4 heteroatoms. The molecule has 1 aromatic heterocycles. The standard InChI is InChI=1S/C14H16FNO2/c1-10-11(7-12(18-10)8-16-2)9-17-14-6-4-3-5-13(14)15/h3-7,16H,8-9H2,1-2H3. The summed E-state index contributed by atoms with van der Waals surface area (Å²) in [7, 11) is 1.85. The molecule has 1 heterocycles. The van der Waals surface area contributed by atoms with E-state index in [0.29, 0.717) is 13.2 Å². The molecule has 0 radical (unpaired) electrons. The predicted molar refractivity (Wildman–Crippen MR) is 66.9 cm³/mol. The van der Waals surface area contributed by atoms with E-state index in [2.05, 4.69) is 5.32 Å². The van der Waals surface area contributed by atoms with E-state index in [4.69, 9.17) is 9.15 Å². The van der Waals surface area contributed by atoms with Crippen LogP contribution in [0.3, 0.4) is 0 Å². The maximum atomic E-state index is 13.4. The van der Waals surface area contributed by atoms with Crippen molar-refractivity contribution in [3.05, 3.63) is 53.2 Å². The van der Waals surface area contributed by atoms with E-state index in [1.54, 1.807) is 18.2 Å². The molecule has 0 atom stereocenters. The minimum absolute atomic E-state index is 0.258. The molecule has 1 N–H and O–H groups in total. The Kier molecular flexibility index (Phi) is 3.99. The third-order valence-electron chi connectivity index (χ3n) is 2.64. The molecule has 0 aliphatic rings. The number of benzene rings is 1. The van der Waals surface area contributed by atoms with Crippen LogP contribution in [0.1, 0.15) is 17.1 Å². The second-order valence-corrected chi connectivity index (χ2v) is 4.04. The van der Waals surface area contributed by atoms with E-state index >= 15 is 0 Å². The zero-order chi connectivity index (χ0) is 13.0. The van der Waals surface area contributed by atoms with Crippen molar-refractivity contribution >= 4 is 0 Å². The van der Waals surface area contributed by atoms with Crippen LogP contribution in [0.4, 0.5) is 4.39 Å². The summed E-state index contributed by atoms with van der Waals surface area (Å²) in [6.45, 7) is 2.85. The normalized spacial score (nSPS) is 10.6. The van der Waals surface area contributed by atoms with Crippen LogP contribution in [0.25, 0.3) is 0 Å². The molecule has 2 aromatic rings. The summed E-state index contributed by atoms with van der Waals surface area (Å²) in [6, 6.07) is 8.29. The second kappa shape index (κ2) is 5.69. The van der Waals surface area contributed by atoms with Gasteiger partial charge in [0.05, 0.1) is 6.54 Å². The minimum Gasteiger partial charge on any atom is -0.486 e. The number of rotatable bonds is 5. The Balaban J connectivity index is 2.04. The van der Waals surface area contributed by atoms with Gasteiger partial charge in [-0.05, 0) is 32.2 Å². The first kappa shape index (κ1) is 12.6. The highest BCUT2D eigenvalue weighted by atomic mass is 19.1. The first-order valence-corrected chi connectivity index (χ1v) is 5.81. The Morgan fingerprint density at radius 1 is 1.33 bits per heavy atom. The van der Waals surface area contributed by atoms with Crippen molar-refractivity contribution in [3.63, 3.8) is 0 Å². The lowest BCUT2D eigenvalue weighted by Crippen LogP contribution is -2.03. The number of nitrogens with one attached hydrogen (secondary N) is 1. The quantitative estimate of drug-likeness (QED) is 0.884. The third-order valence-corrected chi connectivity index (χ3v) is 2.64. The van der Waals surface area contributed by atoms with E-state index < -0.39 is 0 Å². The average molecular weight is 249 g/mol. The third kappa shape index (κ3) is 2.90. The summed E-state index contributed by atoms with van der Waals surface area (Å²) in [5, 5.41) is 3.01. The molecule has 0 aliphatic carbocycles. The fourth-order valence-corrected chi connectivity index (χ4v) is 1.71. The van der Waals surface area contributed by atoms with Gasteiger partial charge in [-0.2, -0.15) is 0 Å². The molecule has 0 saturated carbocycles. The number of para-hydroxylation sites is 1. The highest BCUT2D eigenvalue weighted by Crippen LogP contribution is 2.20. The van der Waals surface area contributed by atoms with Crippen LogP contribution in [0.15, 0.2) is 34.7 Å². The summed E-state index contributed by atoms with van der Waals surface area (Å²) in [6.07, 6.45) is 0. The largest absolute Gasteiger partial charge is 0.486 e. The van der Waals surface area contributed by atoms with E-state index in [-0.39, 0.29) is 11.6 Å². The van der Waals surface area contributed by atoms with E-state index in [9.17, 15) is 4.39 Å². The van der Waals surface area contributed by atoms with Gasteiger partial charge in [-0.1, -0.05) is 12.1 Å². The minimum atomic E-state index is -0.353. The van der Waals surface area contributed by atoms with Gasteiger partial charge in [-0.25, -0.2) is 4.39 Å². The smallest absolute Gasteiger partial charge is 0.165 e. The molecule has 0 fully saturated rings. The van der Waals surface area contributed by atoms with Crippen molar-refractivity contribution in [1.82, 2.24) is 5.32 Å². The maximum Gasteiger partial charge on any atom is 0.165 e. The first-order chi connectivity index (χ1) is 8.70. The topological polar surface area (TPSA) is 34.4 Å². The number of hydrogen-bond acceptors (Lipinski definition) is 3. The number of hydrogen-bond donors (Lipinski definition) is 1. The lowest BCUT2D eigenvalue weighted by atomic mass is 10.2. The molecule has 0 spiro atoms. The molecular weight excluding hydrogens is 233 g/mol. The van der Waals surface area contributed by atoms with Gasteiger partial charge in [-0.15, -0.1) is 0 Å². The fraction of sp³-hybridized carbons (Fsp3) is 0.286. The maximum absolute atomic E-state index is 13.4. The second-order valence-electron chi connectivity index (χ2n) is 4.04. The number of aryl methyl sites for hydroxylation is 1. The van der Waals surface area contributed by atoms with Gasteiger partial charge in [0.25, 0.3) is 0 Å². The lowest BCUT2D eigenvalue weighted by Gasteiger charge is -2.05.